The number of methoxy groups -OCH3 is 1. The summed E-state index contributed by atoms with van der Waals surface area (Å²) >= 11 is 0. The van der Waals surface area contributed by atoms with E-state index in [1.165, 1.54) is 13.4 Å². The first-order chi connectivity index (χ1) is 11.5. The van der Waals surface area contributed by atoms with Crippen molar-refractivity contribution in [3.8, 4) is 11.5 Å². The molecule has 26 heavy (non-hydrogen) atoms. The standard InChI is InChI=1S/C19H32N2O4S/c1-17(2,13-10-11-14(22)15(12-13)25-7)19(5,6)20-16(23)18(3,4)21-26(8,9)24/h10-12,22H,8H2,1-7,9H3,(H,20,23)(H,21,24). The van der Waals surface area contributed by atoms with Crippen LogP contribution in [0.15, 0.2) is 18.2 Å². The van der Waals surface area contributed by atoms with E-state index in [0.29, 0.717) is 5.75 Å². The number of phenolic OH excluding ortho intramolecular Hbond substituents is 1. The van der Waals surface area contributed by atoms with Gasteiger partial charge in [-0.2, -0.15) is 0 Å². The Hall–Kier alpha value is -1.73. The quantitative estimate of drug-likeness (QED) is 0.629. The van der Waals surface area contributed by atoms with Crippen LogP contribution >= 0.6 is 0 Å². The molecule has 0 fully saturated rings. The molecule has 1 atom stereocenters. The normalized spacial score (nSPS) is 15.2. The first kappa shape index (κ1) is 22.3. The number of amides is 1. The molecule has 0 aromatic heterocycles. The minimum absolute atomic E-state index is 0.0624. The van der Waals surface area contributed by atoms with Crippen LogP contribution in [-0.2, 0) is 19.9 Å². The summed E-state index contributed by atoms with van der Waals surface area (Å²) in [5.74, 6) is 3.72. The van der Waals surface area contributed by atoms with E-state index in [4.69, 9.17) is 4.74 Å². The van der Waals surface area contributed by atoms with Gasteiger partial charge < -0.3 is 15.2 Å². The Kier molecular flexibility index (Phi) is 6.11. The van der Waals surface area contributed by atoms with Crippen LogP contribution < -0.4 is 14.8 Å². The lowest BCUT2D eigenvalue weighted by atomic mass is 9.69. The number of ether oxygens (including phenoxy) is 1. The van der Waals surface area contributed by atoms with Crippen molar-refractivity contribution in [2.24, 2.45) is 0 Å². The molecule has 1 amide bonds. The number of hydrogen-bond donors (Lipinski definition) is 3. The van der Waals surface area contributed by atoms with Gasteiger partial charge in [-0.1, -0.05) is 19.9 Å². The molecule has 0 aliphatic rings. The first-order valence-electron chi connectivity index (χ1n) is 8.35. The maximum atomic E-state index is 12.8. The van der Waals surface area contributed by atoms with Gasteiger partial charge in [-0.25, -0.2) is 4.72 Å². The lowest BCUT2D eigenvalue weighted by Crippen LogP contribution is -2.63. The number of carbonyl (C=O) groups excluding carboxylic acids is 1. The molecule has 0 saturated carbocycles. The minimum Gasteiger partial charge on any atom is -0.504 e. The fraction of sp³-hybridized carbons (Fsp3) is 0.579. The van der Waals surface area contributed by atoms with E-state index in [1.807, 2.05) is 33.8 Å². The summed E-state index contributed by atoms with van der Waals surface area (Å²) in [4.78, 5) is 12.8. The van der Waals surface area contributed by atoms with E-state index in [2.05, 4.69) is 15.9 Å². The molecule has 1 unspecified atom stereocenters. The van der Waals surface area contributed by atoms with Gasteiger partial charge in [0.05, 0.1) is 7.11 Å². The zero-order valence-electron chi connectivity index (χ0n) is 17.0. The average Bonchev–Trinajstić information content (AvgIpc) is 2.44. The Bertz CT molecular complexity index is 781. The number of nitrogens with one attached hydrogen (secondary N) is 2. The summed E-state index contributed by atoms with van der Waals surface area (Å²) in [7, 11) is -1.04. The van der Waals surface area contributed by atoms with Crippen molar-refractivity contribution in [2.45, 2.75) is 58.0 Å². The van der Waals surface area contributed by atoms with Crippen molar-refractivity contribution in [1.82, 2.24) is 10.0 Å². The number of benzene rings is 1. The summed E-state index contributed by atoms with van der Waals surface area (Å²) < 4.78 is 19.9. The van der Waals surface area contributed by atoms with E-state index in [9.17, 15) is 14.1 Å². The fourth-order valence-corrected chi connectivity index (χ4v) is 3.78. The van der Waals surface area contributed by atoms with Crippen molar-refractivity contribution in [3.05, 3.63) is 23.8 Å². The molecule has 1 rings (SSSR count). The molecular formula is C19H32N2O4S. The number of carbonyl (C=O) groups is 1. The van der Waals surface area contributed by atoms with Crippen molar-refractivity contribution in [1.29, 1.82) is 0 Å². The molecule has 148 valence electrons. The lowest BCUT2D eigenvalue weighted by molar-refractivity contribution is -0.128. The molecule has 0 saturated heterocycles. The van der Waals surface area contributed by atoms with Gasteiger partial charge in [-0.15, -0.1) is 0 Å². The highest BCUT2D eigenvalue weighted by atomic mass is 32.2. The Labute approximate surface area is 157 Å². The van der Waals surface area contributed by atoms with Crippen LogP contribution in [0.5, 0.6) is 11.5 Å². The van der Waals surface area contributed by atoms with Crippen molar-refractivity contribution in [2.75, 3.05) is 13.4 Å². The van der Waals surface area contributed by atoms with Gasteiger partial charge in [0.25, 0.3) is 0 Å². The van der Waals surface area contributed by atoms with Gasteiger partial charge in [0, 0.05) is 26.9 Å². The van der Waals surface area contributed by atoms with Crippen molar-refractivity contribution >= 4 is 21.5 Å². The van der Waals surface area contributed by atoms with E-state index in [0.717, 1.165) is 5.56 Å². The monoisotopic (exact) mass is 384 g/mol. The third kappa shape index (κ3) is 4.92. The number of aromatic hydroxyl groups is 1. The van der Waals surface area contributed by atoms with Crippen molar-refractivity contribution < 1.29 is 18.8 Å². The van der Waals surface area contributed by atoms with Gasteiger partial charge in [0.2, 0.25) is 5.91 Å². The predicted octanol–water partition coefficient (Wildman–Crippen LogP) is 2.20. The van der Waals surface area contributed by atoms with Gasteiger partial charge in [-0.05, 0) is 51.3 Å². The van der Waals surface area contributed by atoms with Crippen LogP contribution in [-0.4, -0.2) is 45.5 Å². The molecule has 7 heteroatoms. The van der Waals surface area contributed by atoms with Crippen LogP contribution in [0.2, 0.25) is 0 Å². The highest BCUT2D eigenvalue weighted by Gasteiger charge is 2.42. The number of rotatable bonds is 7. The summed E-state index contributed by atoms with van der Waals surface area (Å²) in [6, 6.07) is 5.15. The Morgan fingerprint density at radius 3 is 2.19 bits per heavy atom. The van der Waals surface area contributed by atoms with E-state index >= 15 is 0 Å². The molecular weight excluding hydrogens is 352 g/mol. The maximum Gasteiger partial charge on any atom is 0.241 e. The maximum absolute atomic E-state index is 12.8. The van der Waals surface area contributed by atoms with Crippen molar-refractivity contribution in [3.63, 3.8) is 0 Å². The van der Waals surface area contributed by atoms with Gasteiger partial charge in [-0.3, -0.25) is 9.00 Å². The second kappa shape index (κ2) is 7.12. The van der Waals surface area contributed by atoms with Crippen LogP contribution in [0.1, 0.15) is 47.1 Å². The summed E-state index contributed by atoms with van der Waals surface area (Å²) in [5.41, 5.74) is -1.29. The molecule has 0 radical (unpaired) electrons. The fourth-order valence-electron chi connectivity index (χ4n) is 2.61. The lowest BCUT2D eigenvalue weighted by Gasteiger charge is -2.44. The number of hydrogen-bond acceptors (Lipinski definition) is 4. The predicted molar refractivity (Wildman–Crippen MR) is 108 cm³/mol. The topological polar surface area (TPSA) is 87.7 Å². The molecule has 6 nitrogen and oxygen atoms in total. The molecule has 0 aliphatic heterocycles. The van der Waals surface area contributed by atoms with Gasteiger partial charge >= 0.3 is 0 Å². The summed E-state index contributed by atoms with van der Waals surface area (Å²) in [6.07, 6.45) is 1.46. The highest BCUT2D eigenvalue weighted by molar-refractivity contribution is 7.97. The Morgan fingerprint density at radius 2 is 1.73 bits per heavy atom. The van der Waals surface area contributed by atoms with E-state index in [-0.39, 0.29) is 11.7 Å². The summed E-state index contributed by atoms with van der Waals surface area (Å²) in [5, 5.41) is 12.9. The Balaban J connectivity index is 3.17. The van der Waals surface area contributed by atoms with Gasteiger partial charge in [0.15, 0.2) is 11.5 Å². The highest BCUT2D eigenvalue weighted by Crippen LogP contribution is 2.38. The molecule has 0 spiro atoms. The molecule has 0 bridgehead atoms. The van der Waals surface area contributed by atoms with Gasteiger partial charge in [0.1, 0.15) is 5.54 Å². The minimum atomic E-state index is -2.54. The van der Waals surface area contributed by atoms with E-state index < -0.39 is 26.2 Å². The second-order valence-electron chi connectivity index (χ2n) is 8.32. The molecule has 0 heterocycles. The largest absolute Gasteiger partial charge is 0.504 e. The number of phenols is 1. The van der Waals surface area contributed by atoms with Crippen LogP contribution in [0.25, 0.3) is 0 Å². The third-order valence-electron chi connectivity index (χ3n) is 4.93. The second-order valence-corrected chi connectivity index (χ2v) is 10.5. The smallest absolute Gasteiger partial charge is 0.241 e. The van der Waals surface area contributed by atoms with Crippen LogP contribution in [0.3, 0.4) is 0 Å². The van der Waals surface area contributed by atoms with E-state index in [1.54, 1.807) is 26.0 Å². The molecule has 1 aromatic carbocycles. The Morgan fingerprint density at radius 1 is 1.19 bits per heavy atom. The first-order valence-corrected chi connectivity index (χ1v) is 10.5. The SMILES string of the molecule is C=S(C)(=O)NC(C)(C)C(=O)NC(C)(C)C(C)(C)c1ccc(O)c(OC)c1. The zero-order chi connectivity index (χ0) is 20.6. The molecule has 3 N–H and O–H groups in total. The molecule has 1 aromatic rings. The molecule has 0 aliphatic carbocycles. The summed E-state index contributed by atoms with van der Waals surface area (Å²) in [6.45, 7) is 11.2. The third-order valence-corrected chi connectivity index (χ3v) is 5.87. The van der Waals surface area contributed by atoms with Crippen LogP contribution in [0, 0.1) is 0 Å². The average molecular weight is 385 g/mol. The zero-order valence-corrected chi connectivity index (χ0v) is 17.8. The van der Waals surface area contributed by atoms with Crippen LogP contribution in [0.4, 0.5) is 0 Å².